The van der Waals surface area contributed by atoms with Crippen LogP contribution in [-0.2, 0) is 9.47 Å². The van der Waals surface area contributed by atoms with E-state index in [4.69, 9.17) is 9.47 Å². The predicted molar refractivity (Wildman–Crippen MR) is 126 cm³/mol. The normalized spacial score (nSPS) is 11.2. The van der Waals surface area contributed by atoms with Crippen LogP contribution >= 0.6 is 0 Å². The van der Waals surface area contributed by atoms with Gasteiger partial charge in [-0.2, -0.15) is 0 Å². The van der Waals surface area contributed by atoms with Crippen molar-refractivity contribution in [3.63, 3.8) is 0 Å². The molecule has 8 heteroatoms. The van der Waals surface area contributed by atoms with Gasteiger partial charge in [-0.3, -0.25) is 10.1 Å². The highest BCUT2D eigenvalue weighted by atomic mass is 16.6. The fraction of sp³-hybridized carbons (Fsp3) is 0.458. The molecule has 0 aliphatic carbocycles. The average molecular weight is 443 g/mol. The zero-order chi connectivity index (χ0) is 23.6. The first kappa shape index (κ1) is 25.3. The van der Waals surface area contributed by atoms with Gasteiger partial charge in [0.25, 0.3) is 5.91 Å². The van der Waals surface area contributed by atoms with E-state index in [-0.39, 0.29) is 11.4 Å². The van der Waals surface area contributed by atoms with Crippen LogP contribution in [0.5, 0.6) is 0 Å². The molecule has 0 saturated carbocycles. The molecule has 8 nitrogen and oxygen atoms in total. The predicted octanol–water partition coefficient (Wildman–Crippen LogP) is 3.76. The standard InChI is InChI=1S/C24H34N4O4/c1-6-25-10-12-31-13-11-26-22(29)21-20(28-23(30)32-24(3,4)5)15-19(16-27-21)18-9-7-8-17(2)14-18/h7-9,14-16,25H,6,10-13H2,1-5H3,(H,26,29)(H,28,30). The number of benzene rings is 1. The summed E-state index contributed by atoms with van der Waals surface area (Å²) in [7, 11) is 0. The maximum absolute atomic E-state index is 12.7. The van der Waals surface area contributed by atoms with Crippen molar-refractivity contribution in [3.05, 3.63) is 47.8 Å². The van der Waals surface area contributed by atoms with Gasteiger partial charge in [0, 0.05) is 24.8 Å². The first-order valence-electron chi connectivity index (χ1n) is 10.8. The van der Waals surface area contributed by atoms with Crippen LogP contribution in [0.4, 0.5) is 10.5 Å². The van der Waals surface area contributed by atoms with E-state index in [9.17, 15) is 9.59 Å². The van der Waals surface area contributed by atoms with Crippen molar-refractivity contribution >= 4 is 17.7 Å². The lowest BCUT2D eigenvalue weighted by Crippen LogP contribution is -2.31. The van der Waals surface area contributed by atoms with E-state index in [1.807, 2.05) is 38.1 Å². The van der Waals surface area contributed by atoms with Gasteiger partial charge in [-0.15, -0.1) is 0 Å². The van der Waals surface area contributed by atoms with Gasteiger partial charge >= 0.3 is 6.09 Å². The second-order valence-electron chi connectivity index (χ2n) is 8.34. The van der Waals surface area contributed by atoms with Crippen LogP contribution < -0.4 is 16.0 Å². The van der Waals surface area contributed by atoms with E-state index in [0.717, 1.165) is 29.8 Å². The molecule has 3 N–H and O–H groups in total. The Balaban J connectivity index is 2.15. The van der Waals surface area contributed by atoms with E-state index in [1.54, 1.807) is 33.0 Å². The minimum Gasteiger partial charge on any atom is -0.444 e. The molecule has 1 aromatic heterocycles. The number of hydrogen-bond acceptors (Lipinski definition) is 6. The lowest BCUT2D eigenvalue weighted by molar-refractivity contribution is 0.0636. The second-order valence-corrected chi connectivity index (χ2v) is 8.34. The Morgan fingerprint density at radius 2 is 1.81 bits per heavy atom. The number of likely N-dealkylation sites (N-methyl/N-ethyl adjacent to an activating group) is 1. The number of nitrogens with one attached hydrogen (secondary N) is 3. The summed E-state index contributed by atoms with van der Waals surface area (Å²) >= 11 is 0. The molecule has 0 aliphatic heterocycles. The first-order chi connectivity index (χ1) is 15.2. The fourth-order valence-corrected chi connectivity index (χ4v) is 2.88. The van der Waals surface area contributed by atoms with Crippen LogP contribution in [-0.4, -0.2) is 55.4 Å². The van der Waals surface area contributed by atoms with Gasteiger partial charge in [-0.1, -0.05) is 36.8 Å². The van der Waals surface area contributed by atoms with Crippen LogP contribution in [0.2, 0.25) is 0 Å². The van der Waals surface area contributed by atoms with Crippen LogP contribution in [0.15, 0.2) is 36.5 Å². The van der Waals surface area contributed by atoms with Gasteiger partial charge in [0.1, 0.15) is 5.60 Å². The number of rotatable bonds is 10. The number of anilines is 1. The molecule has 0 atom stereocenters. The van der Waals surface area contributed by atoms with Crippen LogP contribution in [0.3, 0.4) is 0 Å². The molecule has 0 saturated heterocycles. The van der Waals surface area contributed by atoms with Crippen molar-refractivity contribution in [1.82, 2.24) is 15.6 Å². The Kier molecular flexibility index (Phi) is 9.61. The van der Waals surface area contributed by atoms with Gasteiger partial charge in [-0.05, 0) is 45.9 Å². The molecule has 0 aliphatic rings. The zero-order valence-electron chi connectivity index (χ0n) is 19.6. The highest BCUT2D eigenvalue weighted by Crippen LogP contribution is 2.25. The Labute approximate surface area is 190 Å². The van der Waals surface area contributed by atoms with Gasteiger partial charge in [0.15, 0.2) is 5.69 Å². The number of hydrogen-bond donors (Lipinski definition) is 3. The Morgan fingerprint density at radius 3 is 2.50 bits per heavy atom. The van der Waals surface area contributed by atoms with Crippen molar-refractivity contribution in [2.24, 2.45) is 0 Å². The van der Waals surface area contributed by atoms with Crippen molar-refractivity contribution < 1.29 is 19.1 Å². The van der Waals surface area contributed by atoms with E-state index >= 15 is 0 Å². The fourth-order valence-electron chi connectivity index (χ4n) is 2.88. The summed E-state index contributed by atoms with van der Waals surface area (Å²) in [5, 5.41) is 8.62. The molecule has 0 unspecified atom stereocenters. The molecule has 0 fully saturated rings. The molecule has 32 heavy (non-hydrogen) atoms. The molecule has 2 amide bonds. The number of amides is 2. The molecular formula is C24H34N4O4. The molecule has 1 heterocycles. The van der Waals surface area contributed by atoms with E-state index in [0.29, 0.717) is 19.8 Å². The lowest BCUT2D eigenvalue weighted by atomic mass is 10.0. The number of aryl methyl sites for hydroxylation is 1. The van der Waals surface area contributed by atoms with Crippen molar-refractivity contribution in [2.45, 2.75) is 40.2 Å². The smallest absolute Gasteiger partial charge is 0.412 e. The van der Waals surface area contributed by atoms with Gasteiger partial charge in [-0.25, -0.2) is 9.78 Å². The average Bonchev–Trinajstić information content (AvgIpc) is 2.71. The summed E-state index contributed by atoms with van der Waals surface area (Å²) in [5.41, 5.74) is 2.54. The second kappa shape index (κ2) is 12.2. The molecule has 0 bridgehead atoms. The molecule has 0 radical (unpaired) electrons. The monoisotopic (exact) mass is 442 g/mol. The van der Waals surface area contributed by atoms with Crippen molar-refractivity contribution in [3.8, 4) is 11.1 Å². The number of carbonyl (C=O) groups is 2. The maximum atomic E-state index is 12.7. The molecule has 0 spiro atoms. The number of ether oxygens (including phenoxy) is 2. The molecular weight excluding hydrogens is 408 g/mol. The van der Waals surface area contributed by atoms with E-state index in [2.05, 4.69) is 20.9 Å². The Morgan fingerprint density at radius 1 is 1.06 bits per heavy atom. The summed E-state index contributed by atoms with van der Waals surface area (Å²) in [6, 6.07) is 9.64. The van der Waals surface area contributed by atoms with E-state index in [1.165, 1.54) is 0 Å². The summed E-state index contributed by atoms with van der Waals surface area (Å²) < 4.78 is 10.8. The SMILES string of the molecule is CCNCCOCCNC(=O)c1ncc(-c2cccc(C)c2)cc1NC(=O)OC(C)(C)C. The lowest BCUT2D eigenvalue weighted by Gasteiger charge is -2.20. The van der Waals surface area contributed by atoms with Crippen LogP contribution in [0.1, 0.15) is 43.7 Å². The molecule has 2 aromatic rings. The largest absolute Gasteiger partial charge is 0.444 e. The molecule has 2 rings (SSSR count). The van der Waals surface area contributed by atoms with Crippen LogP contribution in [0.25, 0.3) is 11.1 Å². The quantitative estimate of drug-likeness (QED) is 0.484. The van der Waals surface area contributed by atoms with E-state index < -0.39 is 17.6 Å². The Hall–Kier alpha value is -2.97. The minimum atomic E-state index is -0.669. The number of pyridine rings is 1. The molecule has 1 aromatic carbocycles. The minimum absolute atomic E-state index is 0.111. The summed E-state index contributed by atoms with van der Waals surface area (Å²) in [4.78, 5) is 29.4. The number of aromatic nitrogens is 1. The van der Waals surface area contributed by atoms with Crippen molar-refractivity contribution in [1.29, 1.82) is 0 Å². The topological polar surface area (TPSA) is 102 Å². The van der Waals surface area contributed by atoms with Gasteiger partial charge in [0.2, 0.25) is 0 Å². The maximum Gasteiger partial charge on any atom is 0.412 e. The highest BCUT2D eigenvalue weighted by Gasteiger charge is 2.20. The Bertz CT molecular complexity index is 909. The highest BCUT2D eigenvalue weighted by molar-refractivity contribution is 6.01. The third kappa shape index (κ3) is 8.64. The van der Waals surface area contributed by atoms with Gasteiger partial charge < -0.3 is 20.1 Å². The zero-order valence-corrected chi connectivity index (χ0v) is 19.6. The van der Waals surface area contributed by atoms with Gasteiger partial charge in [0.05, 0.1) is 18.9 Å². The summed E-state index contributed by atoms with van der Waals surface area (Å²) in [6.45, 7) is 12.3. The number of carbonyl (C=O) groups excluding carboxylic acids is 2. The van der Waals surface area contributed by atoms with Crippen LogP contribution in [0, 0.1) is 6.92 Å². The summed E-state index contributed by atoms with van der Waals surface area (Å²) in [6.07, 6.45) is 0.971. The summed E-state index contributed by atoms with van der Waals surface area (Å²) in [5.74, 6) is -0.401. The first-order valence-corrected chi connectivity index (χ1v) is 10.8. The number of nitrogens with zero attached hydrogens (tertiary/aromatic N) is 1. The van der Waals surface area contributed by atoms with Crippen molar-refractivity contribution in [2.75, 3.05) is 38.2 Å². The third-order valence-corrected chi connectivity index (χ3v) is 4.29. The third-order valence-electron chi connectivity index (χ3n) is 4.29. The molecule has 174 valence electrons.